The minimum atomic E-state index is 0.0394. The molecule has 0 amide bonds. The van der Waals surface area contributed by atoms with E-state index in [4.69, 9.17) is 0 Å². The number of anilines is 1. The molecule has 1 heterocycles. The summed E-state index contributed by atoms with van der Waals surface area (Å²) in [5, 5.41) is 4.37. The van der Waals surface area contributed by atoms with Gasteiger partial charge in [-0.1, -0.05) is 27.7 Å². The van der Waals surface area contributed by atoms with Crippen LogP contribution in [0.25, 0.3) is 0 Å². The van der Waals surface area contributed by atoms with Crippen LogP contribution in [0, 0.1) is 0 Å². The van der Waals surface area contributed by atoms with Crippen molar-refractivity contribution >= 4 is 28.4 Å². The highest BCUT2D eigenvalue weighted by atomic mass is 32.2. The van der Waals surface area contributed by atoms with Crippen LogP contribution in [-0.2, 0) is 5.41 Å². The third-order valence-corrected chi connectivity index (χ3v) is 3.94. The smallest absolute Gasteiger partial charge is 0.202 e. The molecule has 1 unspecified atom stereocenters. The van der Waals surface area contributed by atoms with Crippen molar-refractivity contribution in [3.05, 3.63) is 5.82 Å². The highest BCUT2D eigenvalue weighted by molar-refractivity contribution is 7.99. The van der Waals surface area contributed by atoms with Gasteiger partial charge in [-0.05, 0) is 24.9 Å². The van der Waals surface area contributed by atoms with Crippen molar-refractivity contribution in [1.82, 2.24) is 9.36 Å². The van der Waals surface area contributed by atoms with Gasteiger partial charge in [0, 0.05) is 23.0 Å². The first-order valence-corrected chi connectivity index (χ1v) is 8.04. The number of hydrogen-bond donors (Lipinski definition) is 1. The highest BCUT2D eigenvalue weighted by Crippen LogP contribution is 2.23. The summed E-state index contributed by atoms with van der Waals surface area (Å²) in [5.74, 6) is 3.33. The Labute approximate surface area is 113 Å². The molecular weight excluding hydrogens is 250 g/mol. The molecule has 5 heteroatoms. The van der Waals surface area contributed by atoms with Crippen molar-refractivity contribution in [2.75, 3.05) is 16.8 Å². The predicted octanol–water partition coefficient (Wildman–Crippen LogP) is 3.78. The molecule has 0 saturated carbocycles. The van der Waals surface area contributed by atoms with Gasteiger partial charge < -0.3 is 5.32 Å². The predicted molar refractivity (Wildman–Crippen MR) is 79.3 cm³/mol. The highest BCUT2D eigenvalue weighted by Gasteiger charge is 2.19. The van der Waals surface area contributed by atoms with E-state index in [-0.39, 0.29) is 5.41 Å². The topological polar surface area (TPSA) is 37.8 Å². The number of thioether (sulfide) groups is 1. The lowest BCUT2D eigenvalue weighted by atomic mass is 9.96. The molecule has 0 aromatic carbocycles. The maximum atomic E-state index is 4.54. The van der Waals surface area contributed by atoms with Gasteiger partial charge in [0.05, 0.1) is 0 Å². The minimum absolute atomic E-state index is 0.0394. The summed E-state index contributed by atoms with van der Waals surface area (Å²) in [6, 6.07) is 0.467. The fraction of sp³-hybridized carbons (Fsp3) is 0.833. The van der Waals surface area contributed by atoms with Crippen molar-refractivity contribution in [3.8, 4) is 0 Å². The first kappa shape index (κ1) is 14.8. The SMILES string of the molecule is CCSCCC(C)Nc1nc(C(C)(C)C)ns1. The third kappa shape index (κ3) is 5.25. The van der Waals surface area contributed by atoms with Gasteiger partial charge in [-0.25, -0.2) is 4.98 Å². The van der Waals surface area contributed by atoms with Crippen LogP contribution in [0.4, 0.5) is 5.13 Å². The third-order valence-electron chi connectivity index (χ3n) is 2.37. The molecule has 0 spiro atoms. The Hall–Kier alpha value is -0.290. The zero-order valence-corrected chi connectivity index (χ0v) is 13.0. The Bertz CT molecular complexity index is 331. The number of nitrogens with zero attached hydrogens (tertiary/aromatic N) is 2. The molecule has 1 atom stereocenters. The summed E-state index contributed by atoms with van der Waals surface area (Å²) in [5.41, 5.74) is 0.0394. The zero-order valence-electron chi connectivity index (χ0n) is 11.4. The molecule has 0 aliphatic rings. The van der Waals surface area contributed by atoms with Crippen LogP contribution in [-0.4, -0.2) is 26.9 Å². The fourth-order valence-corrected chi connectivity index (χ4v) is 2.95. The molecular formula is C12H23N3S2. The summed E-state index contributed by atoms with van der Waals surface area (Å²) in [4.78, 5) is 4.54. The van der Waals surface area contributed by atoms with Crippen LogP contribution in [0.2, 0.25) is 0 Å². The Morgan fingerprint density at radius 1 is 1.41 bits per heavy atom. The van der Waals surface area contributed by atoms with Gasteiger partial charge in [0.25, 0.3) is 0 Å². The van der Waals surface area contributed by atoms with Gasteiger partial charge in [0.2, 0.25) is 5.13 Å². The fourth-order valence-electron chi connectivity index (χ4n) is 1.27. The number of hydrogen-bond acceptors (Lipinski definition) is 5. The van der Waals surface area contributed by atoms with Gasteiger partial charge in [0.15, 0.2) is 0 Å². The van der Waals surface area contributed by atoms with Crippen molar-refractivity contribution in [2.24, 2.45) is 0 Å². The molecule has 0 bridgehead atoms. The quantitative estimate of drug-likeness (QED) is 0.801. The Balaban J connectivity index is 2.43. The lowest BCUT2D eigenvalue weighted by Gasteiger charge is -2.13. The molecule has 0 fully saturated rings. The van der Waals surface area contributed by atoms with E-state index in [9.17, 15) is 0 Å². The van der Waals surface area contributed by atoms with Crippen LogP contribution in [0.15, 0.2) is 0 Å². The molecule has 0 aliphatic carbocycles. The van der Waals surface area contributed by atoms with Gasteiger partial charge in [0.1, 0.15) is 5.82 Å². The lowest BCUT2D eigenvalue weighted by Crippen LogP contribution is -2.17. The molecule has 3 nitrogen and oxygen atoms in total. The van der Waals surface area contributed by atoms with E-state index in [2.05, 4.69) is 49.3 Å². The Kier molecular flexibility index (Phi) is 5.73. The average molecular weight is 273 g/mol. The van der Waals surface area contributed by atoms with Crippen molar-refractivity contribution in [2.45, 2.75) is 52.5 Å². The van der Waals surface area contributed by atoms with E-state index < -0.39 is 0 Å². The average Bonchev–Trinajstić information content (AvgIpc) is 2.66. The number of aromatic nitrogens is 2. The summed E-state index contributed by atoms with van der Waals surface area (Å²) in [7, 11) is 0. The van der Waals surface area contributed by atoms with Crippen LogP contribution >= 0.6 is 23.3 Å². The first-order chi connectivity index (χ1) is 7.93. The van der Waals surface area contributed by atoms with Crippen molar-refractivity contribution in [1.29, 1.82) is 0 Å². The van der Waals surface area contributed by atoms with Crippen LogP contribution in [0.1, 0.15) is 46.9 Å². The second kappa shape index (κ2) is 6.59. The van der Waals surface area contributed by atoms with Crippen molar-refractivity contribution < 1.29 is 0 Å². The van der Waals surface area contributed by atoms with E-state index in [1.807, 2.05) is 11.8 Å². The summed E-state index contributed by atoms with van der Waals surface area (Å²) < 4.78 is 4.40. The Morgan fingerprint density at radius 3 is 2.65 bits per heavy atom. The van der Waals surface area contributed by atoms with Gasteiger partial charge in [-0.3, -0.25) is 0 Å². The normalized spacial score (nSPS) is 13.7. The first-order valence-electron chi connectivity index (χ1n) is 6.12. The van der Waals surface area contributed by atoms with Gasteiger partial charge in [-0.15, -0.1) is 0 Å². The molecule has 1 aromatic heterocycles. The van der Waals surface area contributed by atoms with E-state index >= 15 is 0 Å². The molecule has 1 rings (SSSR count). The second-order valence-electron chi connectivity index (χ2n) is 5.20. The molecule has 0 aliphatic heterocycles. The van der Waals surface area contributed by atoms with Crippen LogP contribution in [0.3, 0.4) is 0 Å². The number of nitrogens with one attached hydrogen (secondary N) is 1. The summed E-state index contributed by atoms with van der Waals surface area (Å²) in [6.45, 7) is 10.8. The van der Waals surface area contributed by atoms with Gasteiger partial charge >= 0.3 is 0 Å². The van der Waals surface area contributed by atoms with E-state index in [0.29, 0.717) is 6.04 Å². The summed E-state index contributed by atoms with van der Waals surface area (Å²) >= 11 is 3.45. The van der Waals surface area contributed by atoms with Crippen LogP contribution < -0.4 is 5.32 Å². The molecule has 1 N–H and O–H groups in total. The Morgan fingerprint density at radius 2 is 2.12 bits per heavy atom. The van der Waals surface area contributed by atoms with Crippen molar-refractivity contribution in [3.63, 3.8) is 0 Å². The molecule has 0 saturated heterocycles. The monoisotopic (exact) mass is 273 g/mol. The maximum Gasteiger partial charge on any atom is 0.202 e. The van der Waals surface area contributed by atoms with Crippen LogP contribution in [0.5, 0.6) is 0 Å². The zero-order chi connectivity index (χ0) is 12.9. The summed E-state index contributed by atoms with van der Waals surface area (Å²) in [6.07, 6.45) is 1.17. The van der Waals surface area contributed by atoms with Gasteiger partial charge in [-0.2, -0.15) is 16.1 Å². The van der Waals surface area contributed by atoms with E-state index in [1.54, 1.807) is 0 Å². The second-order valence-corrected chi connectivity index (χ2v) is 7.35. The largest absolute Gasteiger partial charge is 0.358 e. The lowest BCUT2D eigenvalue weighted by molar-refractivity contribution is 0.555. The molecule has 0 radical (unpaired) electrons. The molecule has 98 valence electrons. The minimum Gasteiger partial charge on any atom is -0.358 e. The molecule has 1 aromatic rings. The van der Waals surface area contributed by atoms with E-state index in [0.717, 1.165) is 11.0 Å². The standard InChI is InChI=1S/C12H23N3S2/c1-6-16-8-7-9(2)13-11-14-10(15-17-11)12(3,4)5/h9H,6-8H2,1-5H3,(H,13,14,15). The number of rotatable bonds is 6. The van der Waals surface area contributed by atoms with E-state index in [1.165, 1.54) is 29.5 Å². The maximum absolute atomic E-state index is 4.54. The molecule has 17 heavy (non-hydrogen) atoms.